The zero-order valence-electron chi connectivity index (χ0n) is 10.0. The van der Waals surface area contributed by atoms with Crippen LogP contribution in [0.3, 0.4) is 0 Å². The fourth-order valence-electron chi connectivity index (χ4n) is 2.42. The van der Waals surface area contributed by atoms with E-state index in [9.17, 15) is 5.11 Å². The Morgan fingerprint density at radius 2 is 2.24 bits per heavy atom. The summed E-state index contributed by atoms with van der Waals surface area (Å²) in [6.45, 7) is 4.12. The number of aliphatic hydroxyl groups excluding tert-OH is 1. The van der Waals surface area contributed by atoms with E-state index >= 15 is 0 Å². The van der Waals surface area contributed by atoms with E-state index in [0.29, 0.717) is 0 Å². The highest BCUT2D eigenvalue weighted by Crippen LogP contribution is 2.37. The fourth-order valence-corrected chi connectivity index (χ4v) is 2.42. The Labute approximate surface area is 100 Å². The number of hydrogen-bond donors (Lipinski definition) is 1. The van der Waals surface area contributed by atoms with Gasteiger partial charge in [0.2, 0.25) is 0 Å². The highest BCUT2D eigenvalue weighted by atomic mass is 16.5. The van der Waals surface area contributed by atoms with Gasteiger partial charge in [-0.1, -0.05) is 11.6 Å². The predicted molar refractivity (Wildman–Crippen MR) is 66.4 cm³/mol. The van der Waals surface area contributed by atoms with E-state index in [4.69, 9.17) is 4.74 Å². The third-order valence-corrected chi connectivity index (χ3v) is 3.32. The number of benzene rings is 1. The van der Waals surface area contributed by atoms with E-state index < -0.39 is 0 Å². The first-order chi connectivity index (χ1) is 8.19. The molecule has 2 aromatic rings. The number of rotatable bonds is 1. The largest absolute Gasteiger partial charge is 0.487 e. The Hall–Kier alpha value is -1.61. The topological polar surface area (TPSA) is 42.4 Å². The molecule has 0 bridgehead atoms. The summed E-state index contributed by atoms with van der Waals surface area (Å²) in [5.74, 6) is 0.912. The van der Waals surface area contributed by atoms with Crippen molar-refractivity contribution in [3.8, 4) is 5.75 Å². The fraction of sp³-hybridized carbons (Fsp3) is 0.357. The molecule has 1 aromatic heterocycles. The maximum Gasteiger partial charge on any atom is 0.134 e. The Kier molecular flexibility index (Phi) is 2.30. The third-order valence-electron chi connectivity index (χ3n) is 3.32. The summed E-state index contributed by atoms with van der Waals surface area (Å²) < 4.78 is 5.82. The molecule has 88 valence electrons. The molecule has 3 nitrogen and oxygen atoms in total. The normalized spacial score (nSPS) is 18.2. The second-order valence-corrected chi connectivity index (χ2v) is 4.65. The zero-order chi connectivity index (χ0) is 12.0. The summed E-state index contributed by atoms with van der Waals surface area (Å²) in [6.07, 6.45) is 0.644. The van der Waals surface area contributed by atoms with Crippen LogP contribution in [-0.4, -0.2) is 22.8 Å². The first kappa shape index (κ1) is 10.5. The highest BCUT2D eigenvalue weighted by molar-refractivity contribution is 5.88. The van der Waals surface area contributed by atoms with Crippen molar-refractivity contribution in [2.24, 2.45) is 0 Å². The molecule has 1 atom stereocenters. The second kappa shape index (κ2) is 3.70. The molecule has 0 saturated carbocycles. The van der Waals surface area contributed by atoms with Gasteiger partial charge in [-0.2, -0.15) is 0 Å². The number of fused-ring (bicyclic) bond motifs is 3. The van der Waals surface area contributed by atoms with Crippen molar-refractivity contribution in [2.45, 2.75) is 26.4 Å². The monoisotopic (exact) mass is 229 g/mol. The maximum atomic E-state index is 9.21. The van der Waals surface area contributed by atoms with Crippen molar-refractivity contribution >= 4 is 10.9 Å². The van der Waals surface area contributed by atoms with Crippen molar-refractivity contribution in [2.75, 3.05) is 6.61 Å². The van der Waals surface area contributed by atoms with Gasteiger partial charge in [0.05, 0.1) is 12.1 Å². The molecule has 1 N–H and O–H groups in total. The van der Waals surface area contributed by atoms with Crippen LogP contribution in [0.2, 0.25) is 0 Å². The molecule has 1 aliphatic rings. The molecule has 0 saturated heterocycles. The summed E-state index contributed by atoms with van der Waals surface area (Å²) >= 11 is 0. The Bertz CT molecular complexity index is 592. The van der Waals surface area contributed by atoms with E-state index in [-0.39, 0.29) is 12.7 Å². The van der Waals surface area contributed by atoms with E-state index in [0.717, 1.165) is 34.3 Å². The minimum absolute atomic E-state index is 0.0570. The summed E-state index contributed by atoms with van der Waals surface area (Å²) in [5, 5.41) is 10.3. The summed E-state index contributed by atoms with van der Waals surface area (Å²) in [4.78, 5) is 4.60. The van der Waals surface area contributed by atoms with Crippen molar-refractivity contribution in [3.05, 3.63) is 35.0 Å². The van der Waals surface area contributed by atoms with Crippen molar-refractivity contribution < 1.29 is 9.84 Å². The lowest BCUT2D eigenvalue weighted by atomic mass is 10.0. The van der Waals surface area contributed by atoms with Gasteiger partial charge < -0.3 is 9.84 Å². The van der Waals surface area contributed by atoms with Crippen LogP contribution in [-0.2, 0) is 6.42 Å². The number of ether oxygens (including phenoxy) is 1. The SMILES string of the molecule is Cc1ccc2nc(C)c3c(c2c1)OC(CO)C3. The van der Waals surface area contributed by atoms with E-state index in [2.05, 4.69) is 24.0 Å². The van der Waals surface area contributed by atoms with E-state index in [1.807, 2.05) is 13.0 Å². The standard InChI is InChI=1S/C14H15NO2/c1-8-3-4-13-12(5-8)14-11(9(2)15-13)6-10(7-16)17-14/h3-5,10,16H,6-7H2,1-2H3. The summed E-state index contributed by atoms with van der Waals surface area (Å²) in [7, 11) is 0. The van der Waals surface area contributed by atoms with Crippen molar-refractivity contribution in [3.63, 3.8) is 0 Å². The lowest BCUT2D eigenvalue weighted by Crippen LogP contribution is -2.17. The Morgan fingerprint density at radius 1 is 1.41 bits per heavy atom. The van der Waals surface area contributed by atoms with Gasteiger partial charge >= 0.3 is 0 Å². The van der Waals surface area contributed by atoms with Crippen LogP contribution in [0.15, 0.2) is 18.2 Å². The number of aliphatic hydroxyl groups is 1. The highest BCUT2D eigenvalue weighted by Gasteiger charge is 2.26. The maximum absolute atomic E-state index is 9.21. The van der Waals surface area contributed by atoms with Gasteiger partial charge in [0.1, 0.15) is 11.9 Å². The van der Waals surface area contributed by atoms with Gasteiger partial charge in [-0.15, -0.1) is 0 Å². The van der Waals surface area contributed by atoms with E-state index in [1.54, 1.807) is 0 Å². The summed E-state index contributed by atoms with van der Waals surface area (Å²) in [5.41, 5.74) is 4.31. The number of aromatic nitrogens is 1. The molecule has 0 aliphatic carbocycles. The first-order valence-electron chi connectivity index (χ1n) is 5.86. The van der Waals surface area contributed by atoms with Gasteiger partial charge in [-0.3, -0.25) is 4.98 Å². The van der Waals surface area contributed by atoms with Crippen LogP contribution >= 0.6 is 0 Å². The predicted octanol–water partition coefficient (Wildman–Crippen LogP) is 2.15. The van der Waals surface area contributed by atoms with Crippen LogP contribution in [0, 0.1) is 13.8 Å². The average molecular weight is 229 g/mol. The van der Waals surface area contributed by atoms with Crippen LogP contribution in [0.4, 0.5) is 0 Å². The number of pyridine rings is 1. The lowest BCUT2D eigenvalue weighted by molar-refractivity contribution is 0.136. The quantitative estimate of drug-likeness (QED) is 0.814. The first-order valence-corrected chi connectivity index (χ1v) is 5.86. The van der Waals surface area contributed by atoms with Gasteiger partial charge in [0, 0.05) is 23.1 Å². The molecule has 2 heterocycles. The molecule has 0 fully saturated rings. The molecule has 3 rings (SSSR count). The molecule has 0 amide bonds. The number of hydrogen-bond acceptors (Lipinski definition) is 3. The molecule has 1 unspecified atom stereocenters. The second-order valence-electron chi connectivity index (χ2n) is 4.65. The van der Waals surface area contributed by atoms with Crippen molar-refractivity contribution in [1.29, 1.82) is 0 Å². The molecular weight excluding hydrogens is 214 g/mol. The van der Waals surface area contributed by atoms with Crippen LogP contribution < -0.4 is 4.74 Å². The molecular formula is C14H15NO2. The zero-order valence-corrected chi connectivity index (χ0v) is 10.0. The number of aryl methyl sites for hydroxylation is 2. The molecule has 0 spiro atoms. The third kappa shape index (κ3) is 1.58. The average Bonchev–Trinajstić information content (AvgIpc) is 2.75. The molecule has 1 aliphatic heterocycles. The van der Waals surface area contributed by atoms with Crippen LogP contribution in [0.25, 0.3) is 10.9 Å². The van der Waals surface area contributed by atoms with Gasteiger partial charge in [-0.05, 0) is 26.0 Å². The smallest absolute Gasteiger partial charge is 0.134 e. The van der Waals surface area contributed by atoms with Crippen molar-refractivity contribution in [1.82, 2.24) is 4.98 Å². The minimum Gasteiger partial charge on any atom is -0.487 e. The number of nitrogens with zero attached hydrogens (tertiary/aromatic N) is 1. The molecule has 17 heavy (non-hydrogen) atoms. The Morgan fingerprint density at radius 3 is 3.00 bits per heavy atom. The lowest BCUT2D eigenvalue weighted by Gasteiger charge is -2.09. The van der Waals surface area contributed by atoms with Gasteiger partial charge in [0.15, 0.2) is 0 Å². The van der Waals surface area contributed by atoms with Crippen LogP contribution in [0.5, 0.6) is 5.75 Å². The molecule has 3 heteroatoms. The minimum atomic E-state index is -0.114. The molecule has 1 aromatic carbocycles. The molecule has 0 radical (unpaired) electrons. The van der Waals surface area contributed by atoms with E-state index in [1.165, 1.54) is 5.56 Å². The summed E-state index contributed by atoms with van der Waals surface area (Å²) in [6, 6.07) is 6.17. The van der Waals surface area contributed by atoms with Crippen LogP contribution in [0.1, 0.15) is 16.8 Å². The van der Waals surface area contributed by atoms with Gasteiger partial charge in [0.25, 0.3) is 0 Å². The Balaban J connectivity index is 2.28. The van der Waals surface area contributed by atoms with Gasteiger partial charge in [-0.25, -0.2) is 0 Å².